The van der Waals surface area contributed by atoms with Gasteiger partial charge in [-0.25, -0.2) is 10.1 Å². The average Bonchev–Trinajstić information content (AvgIpc) is 3.36. The SMILES string of the molecule is Cc1ccc(-c2c(C(=O)N/N=C\c3ccc(Br)cc3)nnn2-c2nonc2N)cc1. The highest BCUT2D eigenvalue weighted by atomic mass is 79.9. The van der Waals surface area contributed by atoms with Crippen molar-refractivity contribution in [2.24, 2.45) is 5.10 Å². The van der Waals surface area contributed by atoms with Crippen molar-refractivity contribution < 1.29 is 9.42 Å². The number of nitrogens with two attached hydrogens (primary N) is 1. The highest BCUT2D eigenvalue weighted by Crippen LogP contribution is 2.26. The minimum Gasteiger partial charge on any atom is -0.378 e. The number of carbonyl (C=O) groups is 1. The van der Waals surface area contributed by atoms with Crippen LogP contribution in [-0.2, 0) is 0 Å². The van der Waals surface area contributed by atoms with Crippen molar-refractivity contribution in [3.63, 3.8) is 0 Å². The van der Waals surface area contributed by atoms with Crippen molar-refractivity contribution in [3.05, 3.63) is 69.8 Å². The number of hydrogen-bond donors (Lipinski definition) is 2. The third kappa shape index (κ3) is 3.96. The smallest absolute Gasteiger partial charge is 0.294 e. The van der Waals surface area contributed by atoms with E-state index in [1.54, 1.807) is 0 Å². The summed E-state index contributed by atoms with van der Waals surface area (Å²) < 4.78 is 6.92. The predicted molar refractivity (Wildman–Crippen MR) is 113 cm³/mol. The van der Waals surface area contributed by atoms with Gasteiger partial charge in [0.05, 0.1) is 6.21 Å². The Balaban J connectivity index is 1.68. The van der Waals surface area contributed by atoms with E-state index in [1.165, 1.54) is 10.9 Å². The van der Waals surface area contributed by atoms with Gasteiger partial charge < -0.3 is 5.73 Å². The molecule has 2 aromatic heterocycles. The number of halogens is 1. The van der Waals surface area contributed by atoms with Crippen molar-refractivity contribution in [1.29, 1.82) is 0 Å². The second-order valence-corrected chi connectivity index (χ2v) is 7.20. The minimum absolute atomic E-state index is 0.0217. The first-order chi connectivity index (χ1) is 14.5. The first-order valence-corrected chi connectivity index (χ1v) is 9.52. The number of nitrogens with one attached hydrogen (secondary N) is 1. The molecule has 0 aliphatic heterocycles. The summed E-state index contributed by atoms with van der Waals surface area (Å²) >= 11 is 3.37. The van der Waals surface area contributed by atoms with Crippen LogP contribution in [0.3, 0.4) is 0 Å². The second kappa shape index (κ2) is 8.25. The molecule has 11 heteroatoms. The molecule has 0 atom stereocenters. The zero-order valence-electron chi connectivity index (χ0n) is 15.7. The van der Waals surface area contributed by atoms with Gasteiger partial charge in [0, 0.05) is 10.0 Å². The zero-order chi connectivity index (χ0) is 21.1. The molecule has 1 amide bonds. The molecule has 0 aliphatic rings. The lowest BCUT2D eigenvalue weighted by Crippen LogP contribution is -2.19. The van der Waals surface area contributed by atoms with Gasteiger partial charge in [0.1, 0.15) is 5.69 Å². The Morgan fingerprint density at radius 1 is 1.17 bits per heavy atom. The zero-order valence-corrected chi connectivity index (χ0v) is 17.2. The molecule has 3 N–H and O–H groups in total. The summed E-state index contributed by atoms with van der Waals surface area (Å²) in [6, 6.07) is 15.0. The van der Waals surface area contributed by atoms with Crippen molar-refractivity contribution in [1.82, 2.24) is 30.7 Å². The summed E-state index contributed by atoms with van der Waals surface area (Å²) in [4.78, 5) is 12.8. The Morgan fingerprint density at radius 2 is 1.90 bits per heavy atom. The molecule has 2 aromatic carbocycles. The van der Waals surface area contributed by atoms with Crippen LogP contribution in [0.1, 0.15) is 21.6 Å². The Hall–Kier alpha value is -3.86. The monoisotopic (exact) mass is 466 g/mol. The van der Waals surface area contributed by atoms with E-state index in [4.69, 9.17) is 5.73 Å². The summed E-state index contributed by atoms with van der Waals surface area (Å²) in [5.74, 6) is -0.385. The van der Waals surface area contributed by atoms with E-state index in [2.05, 4.69) is 51.7 Å². The van der Waals surface area contributed by atoms with Crippen molar-refractivity contribution >= 4 is 33.9 Å². The largest absolute Gasteiger partial charge is 0.378 e. The summed E-state index contributed by atoms with van der Waals surface area (Å²) in [5.41, 5.74) is 11.3. The fourth-order valence-corrected chi connectivity index (χ4v) is 2.92. The van der Waals surface area contributed by atoms with Crippen molar-refractivity contribution in [2.75, 3.05) is 5.73 Å². The molecule has 4 rings (SSSR count). The quantitative estimate of drug-likeness (QED) is 0.340. The summed E-state index contributed by atoms with van der Waals surface area (Å²) in [6.45, 7) is 1.96. The minimum atomic E-state index is -0.541. The molecule has 30 heavy (non-hydrogen) atoms. The molecule has 0 bridgehead atoms. The van der Waals surface area contributed by atoms with Gasteiger partial charge in [0.2, 0.25) is 11.6 Å². The number of carbonyl (C=O) groups excluding carboxylic acids is 1. The van der Waals surface area contributed by atoms with E-state index in [9.17, 15) is 4.79 Å². The first kappa shape index (κ1) is 19.5. The van der Waals surface area contributed by atoms with E-state index < -0.39 is 5.91 Å². The van der Waals surface area contributed by atoms with Crippen LogP contribution in [0.5, 0.6) is 0 Å². The molecule has 0 spiro atoms. The topological polar surface area (TPSA) is 137 Å². The number of nitrogens with zero attached hydrogens (tertiary/aromatic N) is 6. The maximum absolute atomic E-state index is 12.8. The fraction of sp³-hybridized carbons (Fsp3) is 0.0526. The Labute approximate surface area is 178 Å². The third-order valence-corrected chi connectivity index (χ3v) is 4.68. The van der Waals surface area contributed by atoms with Gasteiger partial charge in [0.15, 0.2) is 5.69 Å². The van der Waals surface area contributed by atoms with E-state index in [1.807, 2.05) is 55.5 Å². The highest BCUT2D eigenvalue weighted by molar-refractivity contribution is 9.10. The third-order valence-electron chi connectivity index (χ3n) is 4.16. The molecule has 150 valence electrons. The number of anilines is 1. The van der Waals surface area contributed by atoms with E-state index in [0.717, 1.165) is 15.6 Å². The van der Waals surface area contributed by atoms with Gasteiger partial charge in [-0.2, -0.15) is 9.78 Å². The van der Waals surface area contributed by atoms with Crippen LogP contribution in [0.25, 0.3) is 17.1 Å². The van der Waals surface area contributed by atoms with Gasteiger partial charge in [-0.15, -0.1) is 5.10 Å². The number of aryl methyl sites for hydroxylation is 1. The highest BCUT2D eigenvalue weighted by Gasteiger charge is 2.25. The molecule has 0 aliphatic carbocycles. The van der Waals surface area contributed by atoms with Gasteiger partial charge in [0.25, 0.3) is 5.91 Å². The summed E-state index contributed by atoms with van der Waals surface area (Å²) in [5, 5.41) is 19.3. The number of aromatic nitrogens is 5. The van der Waals surface area contributed by atoms with Crippen molar-refractivity contribution in [2.45, 2.75) is 6.92 Å². The molecule has 0 saturated heterocycles. The van der Waals surface area contributed by atoms with Crippen LogP contribution in [0, 0.1) is 6.92 Å². The first-order valence-electron chi connectivity index (χ1n) is 8.73. The van der Waals surface area contributed by atoms with Crippen molar-refractivity contribution in [3.8, 4) is 17.1 Å². The number of nitrogen functional groups attached to an aromatic ring is 1. The molecular weight excluding hydrogens is 452 g/mol. The van der Waals surface area contributed by atoms with Gasteiger partial charge >= 0.3 is 0 Å². The van der Waals surface area contributed by atoms with Crippen LogP contribution in [-0.4, -0.2) is 37.4 Å². The predicted octanol–water partition coefficient (Wildman–Crippen LogP) is 2.73. The number of hydrogen-bond acceptors (Lipinski definition) is 8. The molecule has 2 heterocycles. The van der Waals surface area contributed by atoms with E-state index in [0.29, 0.717) is 11.3 Å². The van der Waals surface area contributed by atoms with Gasteiger partial charge in [-0.3, -0.25) is 4.79 Å². The summed E-state index contributed by atoms with van der Waals surface area (Å²) in [7, 11) is 0. The lowest BCUT2D eigenvalue weighted by molar-refractivity contribution is 0.0950. The fourth-order valence-electron chi connectivity index (χ4n) is 2.66. The maximum atomic E-state index is 12.8. The van der Waals surface area contributed by atoms with E-state index in [-0.39, 0.29) is 17.3 Å². The normalized spacial score (nSPS) is 11.1. The number of benzene rings is 2. The summed E-state index contributed by atoms with van der Waals surface area (Å²) in [6.07, 6.45) is 1.53. The van der Waals surface area contributed by atoms with Crippen LogP contribution in [0.2, 0.25) is 0 Å². The molecule has 0 saturated carbocycles. The lowest BCUT2D eigenvalue weighted by Gasteiger charge is -2.06. The van der Waals surface area contributed by atoms with Gasteiger partial charge in [-0.1, -0.05) is 63.1 Å². The standard InChI is InChI=1S/C19H15BrN8O2/c1-11-2-6-13(7-3-11)16-15(23-27-28(16)18-17(21)25-30-26-18)19(29)24-22-10-12-4-8-14(20)9-5-12/h2-10H,1H3,(H2,21,25)(H,24,29)/b22-10-. The van der Waals surface area contributed by atoms with Crippen LogP contribution in [0.4, 0.5) is 5.82 Å². The Bertz CT molecular complexity index is 1210. The number of rotatable bonds is 5. The Kier molecular flexibility index (Phi) is 5.35. The molecule has 0 radical (unpaired) electrons. The average molecular weight is 467 g/mol. The molecule has 10 nitrogen and oxygen atoms in total. The second-order valence-electron chi connectivity index (χ2n) is 6.29. The van der Waals surface area contributed by atoms with Crippen LogP contribution in [0.15, 0.2) is 62.7 Å². The van der Waals surface area contributed by atoms with E-state index >= 15 is 0 Å². The molecular formula is C19H15BrN8O2. The molecule has 0 fully saturated rings. The van der Waals surface area contributed by atoms with Crippen LogP contribution >= 0.6 is 15.9 Å². The molecule has 4 aromatic rings. The lowest BCUT2D eigenvalue weighted by atomic mass is 10.1. The molecule has 0 unspecified atom stereocenters. The number of amides is 1. The maximum Gasteiger partial charge on any atom is 0.294 e. The van der Waals surface area contributed by atoms with Crippen LogP contribution < -0.4 is 11.2 Å². The number of hydrazone groups is 1. The Morgan fingerprint density at radius 3 is 2.57 bits per heavy atom. The van der Waals surface area contributed by atoms with Gasteiger partial charge in [-0.05, 0) is 34.9 Å².